The molecule has 0 N–H and O–H groups in total. The molecule has 3 aromatic carbocycles. The predicted octanol–water partition coefficient (Wildman–Crippen LogP) is 5.87. The molecule has 1 unspecified atom stereocenters. The maximum atomic E-state index is 14.0. The zero-order valence-electron chi connectivity index (χ0n) is 24.9. The van der Waals surface area contributed by atoms with E-state index in [-0.39, 0.29) is 18.8 Å². The van der Waals surface area contributed by atoms with Crippen LogP contribution in [-0.2, 0) is 16.1 Å². The number of benzene rings is 3. The Bertz CT molecular complexity index is 1930. The van der Waals surface area contributed by atoms with Gasteiger partial charge in [0.1, 0.15) is 6.61 Å². The first-order chi connectivity index (χ1) is 21.1. The number of methoxy groups -OCH3 is 1. The highest BCUT2D eigenvalue weighted by Crippen LogP contribution is 2.38. The van der Waals surface area contributed by atoms with Crippen molar-refractivity contribution in [2.45, 2.75) is 26.5 Å². The van der Waals surface area contributed by atoms with E-state index in [0.717, 1.165) is 22.4 Å². The molecule has 0 aliphatic carbocycles. The van der Waals surface area contributed by atoms with Gasteiger partial charge in [0.2, 0.25) is 0 Å². The summed E-state index contributed by atoms with van der Waals surface area (Å²) in [5, 5.41) is 0.614. The Morgan fingerprint density at radius 1 is 1.16 bits per heavy atom. The lowest BCUT2D eigenvalue weighted by Gasteiger charge is -2.25. The van der Waals surface area contributed by atoms with Gasteiger partial charge in [0.05, 0.1) is 40.0 Å². The zero-order valence-corrected chi connectivity index (χ0v) is 28.0. The van der Waals surface area contributed by atoms with Crippen molar-refractivity contribution in [3.05, 3.63) is 118 Å². The van der Waals surface area contributed by atoms with Crippen molar-refractivity contribution in [2.24, 2.45) is 4.99 Å². The van der Waals surface area contributed by atoms with Crippen molar-refractivity contribution in [2.75, 3.05) is 32.7 Å². The van der Waals surface area contributed by atoms with Crippen LogP contribution in [0.3, 0.4) is 0 Å². The molecule has 0 amide bonds. The number of hydrogen-bond acceptors (Lipinski definition) is 8. The maximum absolute atomic E-state index is 14.0. The SMILES string of the molecule is CCOC(=O)C1=C(C)N=c2sc(=Cc3cc(Br)c(OCc4ccccc4Cl)c(OC)c3)c(=O)n2C1c1ccc(N(C)C)cc1. The molecule has 0 radical (unpaired) electrons. The number of aromatic nitrogens is 1. The number of hydrogen-bond donors (Lipinski definition) is 0. The number of thiazole rings is 1. The van der Waals surface area contributed by atoms with E-state index in [1.165, 1.54) is 11.3 Å². The second-order valence-corrected chi connectivity index (χ2v) is 12.5. The van der Waals surface area contributed by atoms with Crippen molar-refractivity contribution in [3.63, 3.8) is 0 Å². The van der Waals surface area contributed by atoms with Crippen LogP contribution in [0.2, 0.25) is 5.02 Å². The first-order valence-electron chi connectivity index (χ1n) is 13.8. The van der Waals surface area contributed by atoms with Gasteiger partial charge in [-0.2, -0.15) is 0 Å². The van der Waals surface area contributed by atoms with Crippen molar-refractivity contribution in [1.82, 2.24) is 4.57 Å². The fourth-order valence-corrected chi connectivity index (χ4v) is 6.75. The van der Waals surface area contributed by atoms with Gasteiger partial charge in [-0.05, 0) is 77.3 Å². The fraction of sp³-hybridized carbons (Fsp3) is 0.242. The van der Waals surface area contributed by atoms with Gasteiger partial charge in [-0.25, -0.2) is 9.79 Å². The molecule has 1 atom stereocenters. The van der Waals surface area contributed by atoms with Crippen molar-refractivity contribution >= 4 is 56.6 Å². The van der Waals surface area contributed by atoms with Crippen LogP contribution < -0.4 is 29.3 Å². The van der Waals surface area contributed by atoms with Crippen LogP contribution in [0.1, 0.15) is 36.6 Å². The third-order valence-corrected chi connectivity index (χ3v) is 9.06. The maximum Gasteiger partial charge on any atom is 0.338 e. The minimum atomic E-state index is -0.689. The summed E-state index contributed by atoms with van der Waals surface area (Å²) in [6.45, 7) is 3.99. The highest BCUT2D eigenvalue weighted by Gasteiger charge is 2.33. The summed E-state index contributed by atoms with van der Waals surface area (Å²) in [5.74, 6) is 0.511. The number of esters is 1. The lowest BCUT2D eigenvalue weighted by atomic mass is 9.95. The Hall–Kier alpha value is -3.86. The molecule has 0 saturated heterocycles. The minimum Gasteiger partial charge on any atom is -0.493 e. The van der Waals surface area contributed by atoms with Gasteiger partial charge >= 0.3 is 5.97 Å². The monoisotopic (exact) mass is 695 g/mol. The van der Waals surface area contributed by atoms with E-state index in [0.29, 0.717) is 41.6 Å². The number of ether oxygens (including phenoxy) is 3. The molecule has 0 saturated carbocycles. The molecule has 1 aliphatic rings. The average Bonchev–Trinajstić information content (AvgIpc) is 3.30. The Morgan fingerprint density at radius 2 is 1.89 bits per heavy atom. The molecule has 11 heteroatoms. The molecule has 0 spiro atoms. The van der Waals surface area contributed by atoms with Gasteiger partial charge in [0.25, 0.3) is 5.56 Å². The summed E-state index contributed by atoms with van der Waals surface area (Å²) in [6.07, 6.45) is 1.78. The second kappa shape index (κ2) is 13.4. The number of fused-ring (bicyclic) bond motifs is 1. The molecule has 1 aromatic heterocycles. The first kappa shape index (κ1) is 31.6. The molecular formula is C33H31BrClN3O5S. The van der Waals surface area contributed by atoms with Gasteiger partial charge in [-0.3, -0.25) is 9.36 Å². The highest BCUT2D eigenvalue weighted by molar-refractivity contribution is 9.10. The molecule has 44 heavy (non-hydrogen) atoms. The lowest BCUT2D eigenvalue weighted by Crippen LogP contribution is -2.39. The van der Waals surface area contributed by atoms with Gasteiger partial charge < -0.3 is 19.1 Å². The molecule has 5 rings (SSSR count). The Morgan fingerprint density at radius 3 is 2.55 bits per heavy atom. The number of carbonyl (C=O) groups is 1. The minimum absolute atomic E-state index is 0.209. The van der Waals surface area contributed by atoms with E-state index >= 15 is 0 Å². The van der Waals surface area contributed by atoms with Crippen molar-refractivity contribution < 1.29 is 19.0 Å². The first-order valence-corrected chi connectivity index (χ1v) is 15.8. The largest absolute Gasteiger partial charge is 0.493 e. The lowest BCUT2D eigenvalue weighted by molar-refractivity contribution is -0.139. The summed E-state index contributed by atoms with van der Waals surface area (Å²) in [5.41, 5.74) is 3.94. The van der Waals surface area contributed by atoms with E-state index in [9.17, 15) is 9.59 Å². The number of rotatable bonds is 9. The third kappa shape index (κ3) is 6.33. The summed E-state index contributed by atoms with van der Waals surface area (Å²) in [6, 6.07) is 18.2. The molecule has 228 valence electrons. The van der Waals surface area contributed by atoms with Gasteiger partial charge in [-0.1, -0.05) is 53.3 Å². The molecule has 0 bridgehead atoms. The standard InChI is InChI=1S/C33H31BrClN3O5S/c1-6-42-32(40)28-19(2)36-33-38(29(28)21-11-13-23(14-12-21)37(3)4)31(39)27(44-33)17-20-15-24(34)30(26(16-20)41-5)43-18-22-9-7-8-10-25(22)35/h7-17,29H,6,18H2,1-5H3. The quantitative estimate of drug-likeness (QED) is 0.204. The van der Waals surface area contributed by atoms with Crippen molar-refractivity contribution in [1.29, 1.82) is 0 Å². The van der Waals surface area contributed by atoms with E-state index < -0.39 is 12.0 Å². The van der Waals surface area contributed by atoms with Crippen molar-refractivity contribution in [3.8, 4) is 11.5 Å². The molecule has 2 heterocycles. The van der Waals surface area contributed by atoms with Gasteiger partial charge in [-0.15, -0.1) is 0 Å². The fourth-order valence-electron chi connectivity index (χ4n) is 4.94. The second-order valence-electron chi connectivity index (χ2n) is 10.2. The van der Waals surface area contributed by atoms with Crippen LogP contribution in [0.5, 0.6) is 11.5 Å². The summed E-state index contributed by atoms with van der Waals surface area (Å²) in [4.78, 5) is 34.4. The van der Waals surface area contributed by atoms with Crippen LogP contribution in [0.25, 0.3) is 6.08 Å². The van der Waals surface area contributed by atoms with E-state index in [4.69, 9.17) is 25.8 Å². The predicted molar refractivity (Wildman–Crippen MR) is 178 cm³/mol. The number of carbonyl (C=O) groups excluding carboxylic acids is 1. The smallest absolute Gasteiger partial charge is 0.338 e. The van der Waals surface area contributed by atoms with Crippen LogP contribution in [0, 0.1) is 0 Å². The van der Waals surface area contributed by atoms with Crippen LogP contribution in [-0.4, -0.2) is 38.3 Å². The number of anilines is 1. The van der Waals surface area contributed by atoms with E-state index in [1.807, 2.05) is 73.6 Å². The van der Waals surface area contributed by atoms with E-state index in [1.54, 1.807) is 37.7 Å². The van der Waals surface area contributed by atoms with Gasteiger partial charge in [0.15, 0.2) is 16.3 Å². The highest BCUT2D eigenvalue weighted by atomic mass is 79.9. The van der Waals surface area contributed by atoms with Crippen LogP contribution in [0.15, 0.2) is 86.2 Å². The average molecular weight is 697 g/mol. The summed E-state index contributed by atoms with van der Waals surface area (Å²) < 4.78 is 19.8. The van der Waals surface area contributed by atoms with E-state index in [2.05, 4.69) is 20.9 Å². The molecule has 1 aliphatic heterocycles. The Labute approximate surface area is 272 Å². The molecule has 0 fully saturated rings. The number of allylic oxidation sites excluding steroid dienone is 1. The summed E-state index contributed by atoms with van der Waals surface area (Å²) >= 11 is 11.2. The molecule has 4 aromatic rings. The van der Waals surface area contributed by atoms with Crippen LogP contribution >= 0.6 is 38.9 Å². The van der Waals surface area contributed by atoms with Crippen LogP contribution in [0.4, 0.5) is 5.69 Å². The Balaban J connectivity index is 1.58. The van der Waals surface area contributed by atoms with Gasteiger partial charge in [0, 0.05) is 30.4 Å². The topological polar surface area (TPSA) is 82.4 Å². The molecule has 8 nitrogen and oxygen atoms in total. The number of nitrogens with zero attached hydrogens (tertiary/aromatic N) is 3. The summed E-state index contributed by atoms with van der Waals surface area (Å²) in [7, 11) is 5.47. The normalized spacial score (nSPS) is 14.6. The molecular weight excluding hydrogens is 666 g/mol. The zero-order chi connectivity index (χ0) is 31.5. The third-order valence-electron chi connectivity index (χ3n) is 7.12. The number of halogens is 2. The Kier molecular flexibility index (Phi) is 9.62.